The van der Waals surface area contributed by atoms with Gasteiger partial charge in [-0.25, -0.2) is 17.5 Å². The summed E-state index contributed by atoms with van der Waals surface area (Å²) in [6.07, 6.45) is 0.712. The average Bonchev–Trinajstić information content (AvgIpc) is 2.67. The molecule has 2 aromatic rings. The van der Waals surface area contributed by atoms with E-state index in [1.165, 1.54) is 12.1 Å². The molecule has 0 aliphatic carbocycles. The predicted octanol–water partition coefficient (Wildman–Crippen LogP) is 2.58. The van der Waals surface area contributed by atoms with Crippen LogP contribution >= 0.6 is 24.0 Å². The van der Waals surface area contributed by atoms with Crippen molar-refractivity contribution < 1.29 is 12.8 Å². The van der Waals surface area contributed by atoms with Crippen LogP contribution in [-0.2, 0) is 23.0 Å². The molecule has 160 valence electrons. The van der Waals surface area contributed by atoms with Crippen molar-refractivity contribution in [2.45, 2.75) is 19.9 Å². The highest BCUT2D eigenvalue weighted by molar-refractivity contribution is 14.0. The summed E-state index contributed by atoms with van der Waals surface area (Å²) in [5.74, 6) is 0.226. The molecule has 0 spiro atoms. The molecule has 6 nitrogen and oxygen atoms in total. The molecule has 0 aliphatic heterocycles. The van der Waals surface area contributed by atoms with Crippen LogP contribution in [0.15, 0.2) is 53.5 Å². The van der Waals surface area contributed by atoms with Crippen LogP contribution in [0.3, 0.4) is 0 Å². The number of aryl methyl sites for hydroxylation is 1. The lowest BCUT2D eigenvalue weighted by Gasteiger charge is -2.13. The third-order valence-electron chi connectivity index (χ3n) is 4.22. The maximum Gasteiger partial charge on any atom is 0.213 e. The number of hydrogen-bond acceptors (Lipinski definition) is 3. The molecule has 0 amide bonds. The lowest BCUT2D eigenvalue weighted by molar-refractivity contribution is 0.580. The molecule has 3 N–H and O–H groups in total. The Labute approximate surface area is 189 Å². The van der Waals surface area contributed by atoms with Crippen LogP contribution in [-0.4, -0.2) is 40.3 Å². The fourth-order valence-electron chi connectivity index (χ4n) is 2.64. The molecule has 0 aromatic heterocycles. The molecule has 0 saturated carbocycles. The molecular formula is C20H28FIN4O2S. The van der Waals surface area contributed by atoms with Crippen molar-refractivity contribution in [1.29, 1.82) is 0 Å². The summed E-state index contributed by atoms with van der Waals surface area (Å²) < 4.78 is 39.9. The number of halogens is 2. The predicted molar refractivity (Wildman–Crippen MR) is 127 cm³/mol. The number of aliphatic imine (C=N–C) groups is 1. The molecule has 0 aliphatic rings. The number of nitrogens with one attached hydrogen (secondary N) is 3. The van der Waals surface area contributed by atoms with Gasteiger partial charge in [-0.05, 0) is 42.2 Å². The molecule has 0 unspecified atom stereocenters. The molecule has 0 bridgehead atoms. The van der Waals surface area contributed by atoms with Crippen molar-refractivity contribution in [2.75, 3.05) is 25.9 Å². The lowest BCUT2D eigenvalue weighted by Crippen LogP contribution is -2.41. The average molecular weight is 534 g/mol. The van der Waals surface area contributed by atoms with Crippen LogP contribution in [0.5, 0.6) is 0 Å². The maximum absolute atomic E-state index is 13.1. The SMILES string of the molecule is CN=C(NCCc1ccc(F)cc1C)NCCS(=O)(=O)NCc1ccccc1.I. The summed E-state index contributed by atoms with van der Waals surface area (Å²) in [5, 5.41) is 6.13. The van der Waals surface area contributed by atoms with Gasteiger partial charge in [0.15, 0.2) is 5.96 Å². The second-order valence-electron chi connectivity index (χ2n) is 6.37. The van der Waals surface area contributed by atoms with Crippen molar-refractivity contribution in [3.05, 3.63) is 71.0 Å². The van der Waals surface area contributed by atoms with Crippen molar-refractivity contribution in [2.24, 2.45) is 4.99 Å². The summed E-state index contributed by atoms with van der Waals surface area (Å²) in [4.78, 5) is 4.09. The number of nitrogens with zero attached hydrogens (tertiary/aromatic N) is 1. The van der Waals surface area contributed by atoms with E-state index in [1.807, 2.05) is 37.3 Å². The fourth-order valence-corrected chi connectivity index (χ4v) is 3.54. The zero-order chi connectivity index (χ0) is 20.4. The van der Waals surface area contributed by atoms with Crippen LogP contribution in [0.1, 0.15) is 16.7 Å². The maximum atomic E-state index is 13.1. The number of benzene rings is 2. The highest BCUT2D eigenvalue weighted by Gasteiger charge is 2.10. The summed E-state index contributed by atoms with van der Waals surface area (Å²) in [6.45, 7) is 2.98. The van der Waals surface area contributed by atoms with Crippen LogP contribution in [0.4, 0.5) is 4.39 Å². The van der Waals surface area contributed by atoms with Crippen LogP contribution in [0.25, 0.3) is 0 Å². The molecule has 2 rings (SSSR count). The minimum atomic E-state index is -3.39. The van der Waals surface area contributed by atoms with Gasteiger partial charge in [-0.2, -0.15) is 0 Å². The third kappa shape index (κ3) is 9.55. The van der Waals surface area contributed by atoms with Gasteiger partial charge < -0.3 is 10.6 Å². The van der Waals surface area contributed by atoms with Gasteiger partial charge in [0.1, 0.15) is 5.82 Å². The minimum Gasteiger partial charge on any atom is -0.356 e. The van der Waals surface area contributed by atoms with Crippen molar-refractivity contribution >= 4 is 40.0 Å². The first-order chi connectivity index (χ1) is 13.4. The van der Waals surface area contributed by atoms with E-state index >= 15 is 0 Å². The van der Waals surface area contributed by atoms with E-state index < -0.39 is 10.0 Å². The minimum absolute atomic E-state index is 0. The second kappa shape index (κ2) is 12.8. The van der Waals surface area contributed by atoms with Gasteiger partial charge in [0.25, 0.3) is 0 Å². The first-order valence-electron chi connectivity index (χ1n) is 9.10. The summed E-state index contributed by atoms with van der Waals surface area (Å²) in [6, 6.07) is 14.1. The zero-order valence-corrected chi connectivity index (χ0v) is 19.8. The molecule has 0 heterocycles. The van der Waals surface area contributed by atoms with E-state index in [0.29, 0.717) is 18.9 Å². The molecule has 0 fully saturated rings. The van der Waals surface area contributed by atoms with Gasteiger partial charge >= 0.3 is 0 Å². The highest BCUT2D eigenvalue weighted by atomic mass is 127. The van der Waals surface area contributed by atoms with Gasteiger partial charge in [0.05, 0.1) is 5.75 Å². The fraction of sp³-hybridized carbons (Fsp3) is 0.350. The van der Waals surface area contributed by atoms with E-state index in [-0.39, 0.29) is 48.6 Å². The molecule has 9 heteroatoms. The smallest absolute Gasteiger partial charge is 0.213 e. The van der Waals surface area contributed by atoms with Crippen molar-refractivity contribution in [3.8, 4) is 0 Å². The Morgan fingerprint density at radius 3 is 2.41 bits per heavy atom. The van der Waals surface area contributed by atoms with Crippen LogP contribution < -0.4 is 15.4 Å². The summed E-state index contributed by atoms with van der Waals surface area (Å²) in [7, 11) is -1.76. The molecule has 0 saturated heterocycles. The summed E-state index contributed by atoms with van der Waals surface area (Å²) in [5.41, 5.74) is 2.87. The Morgan fingerprint density at radius 2 is 1.76 bits per heavy atom. The third-order valence-corrected chi connectivity index (χ3v) is 5.54. The van der Waals surface area contributed by atoms with Crippen LogP contribution in [0.2, 0.25) is 0 Å². The van der Waals surface area contributed by atoms with Gasteiger partial charge in [-0.1, -0.05) is 36.4 Å². The summed E-state index contributed by atoms with van der Waals surface area (Å²) >= 11 is 0. The Morgan fingerprint density at radius 1 is 1.07 bits per heavy atom. The Bertz CT molecular complexity index is 893. The largest absolute Gasteiger partial charge is 0.356 e. The van der Waals surface area contributed by atoms with E-state index in [0.717, 1.165) is 16.7 Å². The number of rotatable bonds is 9. The van der Waals surface area contributed by atoms with E-state index in [2.05, 4.69) is 20.3 Å². The van der Waals surface area contributed by atoms with Gasteiger partial charge in [-0.15, -0.1) is 24.0 Å². The topological polar surface area (TPSA) is 82.6 Å². The molecule has 2 aromatic carbocycles. The quantitative estimate of drug-likeness (QED) is 0.263. The monoisotopic (exact) mass is 534 g/mol. The van der Waals surface area contributed by atoms with Crippen molar-refractivity contribution in [3.63, 3.8) is 0 Å². The highest BCUT2D eigenvalue weighted by Crippen LogP contribution is 2.10. The number of sulfonamides is 1. The first-order valence-corrected chi connectivity index (χ1v) is 10.8. The zero-order valence-electron chi connectivity index (χ0n) is 16.6. The Kier molecular flexibility index (Phi) is 11.1. The van der Waals surface area contributed by atoms with Gasteiger partial charge in [0.2, 0.25) is 10.0 Å². The van der Waals surface area contributed by atoms with E-state index in [9.17, 15) is 12.8 Å². The molecule has 0 atom stereocenters. The van der Waals surface area contributed by atoms with Gasteiger partial charge in [0, 0.05) is 26.7 Å². The normalized spacial score (nSPS) is 11.6. The van der Waals surface area contributed by atoms with E-state index in [4.69, 9.17) is 0 Å². The number of guanidine groups is 1. The first kappa shape index (κ1) is 25.3. The van der Waals surface area contributed by atoms with Crippen molar-refractivity contribution in [1.82, 2.24) is 15.4 Å². The molecule has 0 radical (unpaired) electrons. The Balaban J connectivity index is 0.00000420. The molecule has 29 heavy (non-hydrogen) atoms. The van der Waals surface area contributed by atoms with E-state index in [1.54, 1.807) is 13.1 Å². The number of hydrogen-bond donors (Lipinski definition) is 3. The standard InChI is InChI=1S/C20H27FN4O2S.HI/c1-16-14-19(21)9-8-18(16)10-11-23-20(22-2)24-12-13-28(26,27)25-15-17-6-4-3-5-7-17;/h3-9,14,25H,10-13,15H2,1-2H3,(H2,22,23,24);1H. The molecular weight excluding hydrogens is 506 g/mol. The Hall–Kier alpha value is -1.72. The van der Waals surface area contributed by atoms with Gasteiger partial charge in [-0.3, -0.25) is 4.99 Å². The van der Waals surface area contributed by atoms with Crippen LogP contribution in [0, 0.1) is 12.7 Å². The lowest BCUT2D eigenvalue weighted by atomic mass is 10.1. The second-order valence-corrected chi connectivity index (χ2v) is 8.30.